The molecule has 6 nitrogen and oxygen atoms in total. The number of rotatable bonds is 9. The Hall–Kier alpha value is -2.24. The molecule has 6 heteroatoms. The highest BCUT2D eigenvalue weighted by Gasteiger charge is 2.29. The van der Waals surface area contributed by atoms with Crippen LogP contribution in [0.2, 0.25) is 0 Å². The smallest absolute Gasteiger partial charge is 0.320 e. The zero-order chi connectivity index (χ0) is 17.2. The predicted molar refractivity (Wildman–Crippen MR) is 84.6 cm³/mol. The third-order valence-corrected chi connectivity index (χ3v) is 3.33. The Morgan fingerprint density at radius 1 is 1.00 bits per heavy atom. The number of esters is 2. The highest BCUT2D eigenvalue weighted by atomic mass is 16.6. The van der Waals surface area contributed by atoms with E-state index in [9.17, 15) is 9.59 Å². The van der Waals surface area contributed by atoms with Crippen molar-refractivity contribution in [3.8, 4) is 11.5 Å². The highest BCUT2D eigenvalue weighted by molar-refractivity contribution is 5.94. The van der Waals surface area contributed by atoms with Gasteiger partial charge in [0, 0.05) is 0 Å². The number of carbonyl (C=O) groups is 2. The van der Waals surface area contributed by atoms with Crippen LogP contribution in [0.25, 0.3) is 0 Å². The lowest BCUT2D eigenvalue weighted by Crippen LogP contribution is -2.28. The SMILES string of the molecule is CCOC(=O)C(CCc1cc(OC)ccc1OC)C(=O)OCC. The van der Waals surface area contributed by atoms with Gasteiger partial charge in [0.2, 0.25) is 0 Å². The Kier molecular flexibility index (Phi) is 7.94. The molecule has 0 spiro atoms. The fourth-order valence-electron chi connectivity index (χ4n) is 2.19. The van der Waals surface area contributed by atoms with E-state index in [4.69, 9.17) is 18.9 Å². The van der Waals surface area contributed by atoms with Gasteiger partial charge in [-0.05, 0) is 50.5 Å². The summed E-state index contributed by atoms with van der Waals surface area (Å²) in [5, 5.41) is 0. The van der Waals surface area contributed by atoms with Gasteiger partial charge in [-0.15, -0.1) is 0 Å². The van der Waals surface area contributed by atoms with Crippen LogP contribution in [-0.4, -0.2) is 39.4 Å². The maximum absolute atomic E-state index is 12.0. The molecule has 0 saturated carbocycles. The molecule has 0 aromatic heterocycles. The molecule has 0 aliphatic carbocycles. The molecule has 0 aliphatic heterocycles. The van der Waals surface area contributed by atoms with Crippen molar-refractivity contribution >= 4 is 11.9 Å². The number of hydrogen-bond acceptors (Lipinski definition) is 6. The van der Waals surface area contributed by atoms with E-state index in [0.717, 1.165) is 5.56 Å². The zero-order valence-electron chi connectivity index (χ0n) is 14.1. The average molecular weight is 324 g/mol. The Morgan fingerprint density at radius 3 is 2.09 bits per heavy atom. The van der Waals surface area contributed by atoms with Crippen LogP contribution in [0, 0.1) is 5.92 Å². The molecule has 1 rings (SSSR count). The minimum atomic E-state index is -0.939. The van der Waals surface area contributed by atoms with Gasteiger partial charge >= 0.3 is 11.9 Å². The fraction of sp³-hybridized carbons (Fsp3) is 0.529. The van der Waals surface area contributed by atoms with Crippen molar-refractivity contribution in [2.24, 2.45) is 5.92 Å². The van der Waals surface area contributed by atoms with Crippen molar-refractivity contribution in [3.05, 3.63) is 23.8 Å². The van der Waals surface area contributed by atoms with Gasteiger partial charge in [-0.1, -0.05) is 0 Å². The molecule has 0 radical (unpaired) electrons. The van der Waals surface area contributed by atoms with Gasteiger partial charge in [0.05, 0.1) is 27.4 Å². The van der Waals surface area contributed by atoms with Crippen molar-refractivity contribution in [2.45, 2.75) is 26.7 Å². The minimum Gasteiger partial charge on any atom is -0.497 e. The van der Waals surface area contributed by atoms with Crippen molar-refractivity contribution in [1.29, 1.82) is 0 Å². The summed E-state index contributed by atoms with van der Waals surface area (Å²) in [5.74, 6) is -0.701. The number of ether oxygens (including phenoxy) is 4. The van der Waals surface area contributed by atoms with Crippen LogP contribution in [0.5, 0.6) is 11.5 Å². The quantitative estimate of drug-likeness (QED) is 0.513. The Bertz CT molecular complexity index is 508. The Balaban J connectivity index is 2.88. The molecule has 0 fully saturated rings. The van der Waals surface area contributed by atoms with Gasteiger partial charge in [0.25, 0.3) is 0 Å². The molecule has 1 aromatic rings. The number of aryl methyl sites for hydroxylation is 1. The number of benzene rings is 1. The summed E-state index contributed by atoms with van der Waals surface area (Å²) in [6.07, 6.45) is 0.740. The van der Waals surface area contributed by atoms with Crippen molar-refractivity contribution in [2.75, 3.05) is 27.4 Å². The van der Waals surface area contributed by atoms with Crippen molar-refractivity contribution in [3.63, 3.8) is 0 Å². The summed E-state index contributed by atoms with van der Waals surface area (Å²) in [7, 11) is 3.14. The summed E-state index contributed by atoms with van der Waals surface area (Å²) in [5.41, 5.74) is 0.852. The first-order valence-electron chi connectivity index (χ1n) is 7.61. The van der Waals surface area contributed by atoms with E-state index in [1.165, 1.54) is 0 Å². The lowest BCUT2D eigenvalue weighted by molar-refractivity contribution is -0.161. The average Bonchev–Trinajstić information content (AvgIpc) is 2.55. The topological polar surface area (TPSA) is 71.1 Å². The first-order chi connectivity index (χ1) is 11.1. The van der Waals surface area contributed by atoms with E-state index < -0.39 is 17.9 Å². The maximum Gasteiger partial charge on any atom is 0.320 e. The molecule has 128 valence electrons. The number of carbonyl (C=O) groups excluding carboxylic acids is 2. The second-order valence-electron chi connectivity index (χ2n) is 4.77. The number of hydrogen-bond donors (Lipinski definition) is 0. The molecule has 0 amide bonds. The van der Waals surface area contributed by atoms with Gasteiger partial charge < -0.3 is 18.9 Å². The lowest BCUT2D eigenvalue weighted by atomic mass is 9.98. The molecule has 0 heterocycles. The van der Waals surface area contributed by atoms with Crippen molar-refractivity contribution in [1.82, 2.24) is 0 Å². The van der Waals surface area contributed by atoms with Gasteiger partial charge in [-0.3, -0.25) is 9.59 Å². The molecular weight excluding hydrogens is 300 g/mol. The van der Waals surface area contributed by atoms with Crippen LogP contribution in [0.15, 0.2) is 18.2 Å². The third-order valence-electron chi connectivity index (χ3n) is 3.33. The molecule has 0 atom stereocenters. The predicted octanol–water partition coefficient (Wildman–Crippen LogP) is 2.38. The van der Waals surface area contributed by atoms with Crippen LogP contribution in [-0.2, 0) is 25.5 Å². The molecule has 23 heavy (non-hydrogen) atoms. The van der Waals surface area contributed by atoms with E-state index in [-0.39, 0.29) is 19.6 Å². The van der Waals surface area contributed by atoms with Crippen LogP contribution in [0.1, 0.15) is 25.8 Å². The van der Waals surface area contributed by atoms with E-state index >= 15 is 0 Å². The summed E-state index contributed by atoms with van der Waals surface area (Å²) < 4.78 is 20.4. The molecule has 0 aliphatic rings. The van der Waals surface area contributed by atoms with Gasteiger partial charge in [-0.25, -0.2) is 0 Å². The second kappa shape index (κ2) is 9.71. The van der Waals surface area contributed by atoms with Crippen LogP contribution in [0.4, 0.5) is 0 Å². The summed E-state index contributed by atoms with van der Waals surface area (Å²) in [6, 6.07) is 5.40. The standard InChI is InChI=1S/C17H24O6/c1-5-22-16(18)14(17(19)23-6-2)9-7-12-11-13(20-3)8-10-15(12)21-4/h8,10-11,14H,5-7,9H2,1-4H3. The summed E-state index contributed by atoms with van der Waals surface area (Å²) >= 11 is 0. The van der Waals surface area contributed by atoms with Crippen LogP contribution in [0.3, 0.4) is 0 Å². The zero-order valence-corrected chi connectivity index (χ0v) is 14.1. The van der Waals surface area contributed by atoms with E-state index in [0.29, 0.717) is 17.9 Å². The van der Waals surface area contributed by atoms with Gasteiger partial charge in [0.1, 0.15) is 11.5 Å². The minimum absolute atomic E-state index is 0.219. The Morgan fingerprint density at radius 2 is 1.61 bits per heavy atom. The van der Waals surface area contributed by atoms with E-state index in [2.05, 4.69) is 0 Å². The Labute approximate surface area is 136 Å². The van der Waals surface area contributed by atoms with Crippen molar-refractivity contribution < 1.29 is 28.5 Å². The molecule has 0 unspecified atom stereocenters. The third kappa shape index (κ3) is 5.47. The molecule has 0 N–H and O–H groups in total. The fourth-order valence-corrected chi connectivity index (χ4v) is 2.19. The van der Waals surface area contributed by atoms with Gasteiger partial charge in [-0.2, -0.15) is 0 Å². The maximum atomic E-state index is 12.0. The first kappa shape index (κ1) is 18.8. The van der Waals surface area contributed by atoms with Crippen LogP contribution >= 0.6 is 0 Å². The summed E-state index contributed by atoms with van der Waals surface area (Å²) in [6.45, 7) is 3.84. The first-order valence-corrected chi connectivity index (χ1v) is 7.61. The molecular formula is C17H24O6. The molecule has 0 bridgehead atoms. The van der Waals surface area contributed by atoms with E-state index in [1.54, 1.807) is 40.2 Å². The largest absolute Gasteiger partial charge is 0.497 e. The van der Waals surface area contributed by atoms with Crippen LogP contribution < -0.4 is 9.47 Å². The molecule has 1 aromatic carbocycles. The lowest BCUT2D eigenvalue weighted by Gasteiger charge is -2.15. The normalized spacial score (nSPS) is 10.3. The van der Waals surface area contributed by atoms with E-state index in [1.807, 2.05) is 6.07 Å². The van der Waals surface area contributed by atoms with Gasteiger partial charge in [0.15, 0.2) is 5.92 Å². The highest BCUT2D eigenvalue weighted by Crippen LogP contribution is 2.26. The summed E-state index contributed by atoms with van der Waals surface area (Å²) in [4.78, 5) is 24.0. The number of methoxy groups -OCH3 is 2. The second-order valence-corrected chi connectivity index (χ2v) is 4.77. The molecule has 0 saturated heterocycles. The monoisotopic (exact) mass is 324 g/mol.